The van der Waals surface area contributed by atoms with Crippen LogP contribution in [0, 0.1) is 0 Å². The molecule has 0 spiro atoms. The van der Waals surface area contributed by atoms with Gasteiger partial charge in [-0.15, -0.1) is 0 Å². The lowest BCUT2D eigenvalue weighted by Gasteiger charge is -2.04. The highest BCUT2D eigenvalue weighted by Gasteiger charge is 2.12. The molecule has 0 radical (unpaired) electrons. The number of hydrogen-bond donors (Lipinski definition) is 0. The molecule has 6 heteroatoms. The largest absolute Gasteiger partial charge is 0.319 e. The van der Waals surface area contributed by atoms with Crippen molar-refractivity contribution >= 4 is 27.5 Å². The first-order valence-electron chi connectivity index (χ1n) is 7.71. The second-order valence-corrected chi connectivity index (χ2v) is 6.78. The summed E-state index contributed by atoms with van der Waals surface area (Å²) in [5.74, 6) is 0.225. The maximum Gasteiger partial charge on any atom is 0.297 e. The van der Waals surface area contributed by atoms with E-state index in [9.17, 15) is 4.79 Å². The highest BCUT2D eigenvalue weighted by Crippen LogP contribution is 2.23. The molecule has 0 fully saturated rings. The molecule has 1 aromatic carbocycles. The average Bonchev–Trinajstić information content (AvgIpc) is 3.12. The zero-order valence-electron chi connectivity index (χ0n) is 13.8. The van der Waals surface area contributed by atoms with Crippen LogP contribution in [-0.2, 0) is 13.6 Å². The van der Waals surface area contributed by atoms with Crippen LogP contribution in [0.25, 0.3) is 10.2 Å². The van der Waals surface area contributed by atoms with Gasteiger partial charge in [0, 0.05) is 19.8 Å². The molecule has 0 N–H and O–H groups in total. The van der Waals surface area contributed by atoms with Crippen LogP contribution < -0.4 is 4.80 Å². The Kier molecular flexibility index (Phi) is 4.17. The molecule has 2 heterocycles. The minimum absolute atomic E-state index is 0.254. The summed E-state index contributed by atoms with van der Waals surface area (Å²) in [7, 11) is 1.94. The van der Waals surface area contributed by atoms with Crippen LogP contribution >= 0.6 is 11.3 Å². The van der Waals surface area contributed by atoms with Crippen LogP contribution in [0.1, 0.15) is 42.7 Å². The van der Waals surface area contributed by atoms with Crippen molar-refractivity contribution in [3.05, 3.63) is 46.5 Å². The van der Waals surface area contributed by atoms with E-state index in [1.165, 1.54) is 5.56 Å². The molecule has 0 saturated heterocycles. The lowest BCUT2D eigenvalue weighted by molar-refractivity contribution is 0.0988. The number of benzene rings is 1. The van der Waals surface area contributed by atoms with E-state index in [0.29, 0.717) is 23.0 Å². The zero-order chi connectivity index (χ0) is 16.6. The minimum Gasteiger partial charge on any atom is -0.319 e. The molecule has 3 rings (SSSR count). The van der Waals surface area contributed by atoms with Crippen molar-refractivity contribution in [1.82, 2.24) is 14.3 Å². The van der Waals surface area contributed by atoms with Gasteiger partial charge >= 0.3 is 0 Å². The molecule has 0 aliphatic heterocycles. The van der Waals surface area contributed by atoms with E-state index in [1.54, 1.807) is 28.3 Å². The standard InChI is InChI=1S/C17H20N4OS/c1-5-21-14(8-9-18-21)16(22)19-17-20(4)13-7-6-12(11(2)3)10-15(13)23-17/h6-11H,5H2,1-4H3. The summed E-state index contributed by atoms with van der Waals surface area (Å²) in [5.41, 5.74) is 2.91. The smallest absolute Gasteiger partial charge is 0.297 e. The van der Waals surface area contributed by atoms with Gasteiger partial charge < -0.3 is 4.57 Å². The highest BCUT2D eigenvalue weighted by molar-refractivity contribution is 7.16. The molecule has 0 aliphatic carbocycles. The van der Waals surface area contributed by atoms with Crippen LogP contribution in [-0.4, -0.2) is 20.3 Å². The highest BCUT2D eigenvalue weighted by atomic mass is 32.1. The fourth-order valence-corrected chi connectivity index (χ4v) is 3.59. The summed E-state index contributed by atoms with van der Waals surface area (Å²) >= 11 is 1.54. The summed E-state index contributed by atoms with van der Waals surface area (Å²) in [6.07, 6.45) is 1.63. The van der Waals surface area contributed by atoms with Gasteiger partial charge in [0.2, 0.25) is 0 Å². The lowest BCUT2D eigenvalue weighted by atomic mass is 10.0. The second kappa shape index (κ2) is 6.12. The number of hydrogen-bond acceptors (Lipinski definition) is 3. The van der Waals surface area contributed by atoms with Gasteiger partial charge in [-0.1, -0.05) is 31.3 Å². The first-order valence-corrected chi connectivity index (χ1v) is 8.53. The van der Waals surface area contributed by atoms with E-state index in [1.807, 2.05) is 18.5 Å². The van der Waals surface area contributed by atoms with E-state index in [0.717, 1.165) is 10.2 Å². The SMILES string of the molecule is CCn1nccc1C(=O)N=c1sc2cc(C(C)C)ccc2n1C. The number of amides is 1. The van der Waals surface area contributed by atoms with E-state index < -0.39 is 0 Å². The first kappa shape index (κ1) is 15.7. The molecule has 5 nitrogen and oxygen atoms in total. The van der Waals surface area contributed by atoms with Gasteiger partial charge in [-0.05, 0) is 36.6 Å². The first-order chi connectivity index (χ1) is 11.0. The third kappa shape index (κ3) is 2.86. The Morgan fingerprint density at radius 3 is 2.83 bits per heavy atom. The molecule has 1 amide bonds. The van der Waals surface area contributed by atoms with Crippen molar-refractivity contribution < 1.29 is 4.79 Å². The average molecular weight is 328 g/mol. The van der Waals surface area contributed by atoms with Crippen molar-refractivity contribution in [1.29, 1.82) is 0 Å². The Balaban J connectivity index is 2.09. The Bertz CT molecular complexity index is 930. The molecule has 0 aliphatic rings. The molecule has 0 bridgehead atoms. The van der Waals surface area contributed by atoms with E-state index in [4.69, 9.17) is 0 Å². The van der Waals surface area contributed by atoms with Crippen LogP contribution in [0.2, 0.25) is 0 Å². The lowest BCUT2D eigenvalue weighted by Crippen LogP contribution is -2.15. The number of fused-ring (bicyclic) bond motifs is 1. The van der Waals surface area contributed by atoms with Crippen molar-refractivity contribution in [3.63, 3.8) is 0 Å². The van der Waals surface area contributed by atoms with Crippen molar-refractivity contribution in [2.45, 2.75) is 33.2 Å². The van der Waals surface area contributed by atoms with Crippen LogP contribution in [0.15, 0.2) is 35.5 Å². The number of nitrogens with zero attached hydrogens (tertiary/aromatic N) is 4. The van der Waals surface area contributed by atoms with E-state index in [-0.39, 0.29) is 5.91 Å². The summed E-state index contributed by atoms with van der Waals surface area (Å²) < 4.78 is 4.78. The van der Waals surface area contributed by atoms with Gasteiger partial charge in [-0.25, -0.2) is 0 Å². The molecule has 120 valence electrons. The van der Waals surface area contributed by atoms with Gasteiger partial charge in [0.25, 0.3) is 5.91 Å². The molecule has 0 saturated carbocycles. The third-order valence-electron chi connectivity index (χ3n) is 3.93. The van der Waals surface area contributed by atoms with Crippen molar-refractivity contribution in [3.8, 4) is 0 Å². The topological polar surface area (TPSA) is 52.2 Å². The molecular formula is C17H20N4OS. The number of aromatic nitrogens is 3. The fourth-order valence-electron chi connectivity index (χ4n) is 2.53. The quantitative estimate of drug-likeness (QED) is 0.740. The molecule has 3 aromatic rings. The monoisotopic (exact) mass is 328 g/mol. The molecule has 0 unspecified atom stereocenters. The Morgan fingerprint density at radius 2 is 2.13 bits per heavy atom. The van der Waals surface area contributed by atoms with Crippen LogP contribution in [0.3, 0.4) is 0 Å². The molecular weight excluding hydrogens is 308 g/mol. The summed E-state index contributed by atoms with van der Waals surface area (Å²) in [5, 5.41) is 4.13. The number of thiazole rings is 1. The second-order valence-electron chi connectivity index (χ2n) is 5.77. The van der Waals surface area contributed by atoms with E-state index in [2.05, 4.69) is 42.1 Å². The molecule has 0 atom stereocenters. The van der Waals surface area contributed by atoms with Crippen molar-refractivity contribution in [2.75, 3.05) is 0 Å². The van der Waals surface area contributed by atoms with Gasteiger partial charge in [-0.3, -0.25) is 9.48 Å². The summed E-state index contributed by atoms with van der Waals surface area (Å²) in [6.45, 7) is 6.96. The molecule has 23 heavy (non-hydrogen) atoms. The normalized spacial score (nSPS) is 12.5. The Hall–Kier alpha value is -2.21. The van der Waals surface area contributed by atoms with Crippen LogP contribution in [0.4, 0.5) is 0 Å². The zero-order valence-corrected chi connectivity index (χ0v) is 14.6. The van der Waals surface area contributed by atoms with Crippen molar-refractivity contribution in [2.24, 2.45) is 12.0 Å². The maximum absolute atomic E-state index is 12.4. The number of carbonyl (C=O) groups is 1. The Labute approximate surface area is 138 Å². The predicted molar refractivity (Wildman–Crippen MR) is 92.7 cm³/mol. The maximum atomic E-state index is 12.4. The Morgan fingerprint density at radius 1 is 1.35 bits per heavy atom. The van der Waals surface area contributed by atoms with E-state index >= 15 is 0 Å². The van der Waals surface area contributed by atoms with Gasteiger partial charge in [0.15, 0.2) is 4.80 Å². The third-order valence-corrected chi connectivity index (χ3v) is 5.03. The molecule has 2 aromatic heterocycles. The minimum atomic E-state index is -0.254. The number of carbonyl (C=O) groups excluding carboxylic acids is 1. The predicted octanol–water partition coefficient (Wildman–Crippen LogP) is 3.32. The fraction of sp³-hybridized carbons (Fsp3) is 0.353. The summed E-state index contributed by atoms with van der Waals surface area (Å²) in [6, 6.07) is 8.13. The number of rotatable bonds is 3. The van der Waals surface area contributed by atoms with Gasteiger partial charge in [0.1, 0.15) is 5.69 Å². The number of aryl methyl sites for hydroxylation is 2. The van der Waals surface area contributed by atoms with Gasteiger partial charge in [-0.2, -0.15) is 10.1 Å². The summed E-state index contributed by atoms with van der Waals surface area (Å²) in [4.78, 5) is 17.4. The van der Waals surface area contributed by atoms with Gasteiger partial charge in [0.05, 0.1) is 10.2 Å². The van der Waals surface area contributed by atoms with Crippen LogP contribution in [0.5, 0.6) is 0 Å².